The lowest BCUT2D eigenvalue weighted by Gasteiger charge is -2.08. The number of hydrogen-bond donors (Lipinski definition) is 1. The molecule has 1 N–H and O–H groups in total. The van der Waals surface area contributed by atoms with Gasteiger partial charge in [-0.15, -0.1) is 0 Å². The fraction of sp³-hybridized carbons (Fsp3) is 0.556. The van der Waals surface area contributed by atoms with Crippen LogP contribution in [0.2, 0.25) is 0 Å². The Kier molecular flexibility index (Phi) is 5.24. The molecule has 0 radical (unpaired) electrons. The van der Waals surface area contributed by atoms with Gasteiger partial charge in [0.05, 0.1) is 0 Å². The molecule has 20 heavy (non-hydrogen) atoms. The van der Waals surface area contributed by atoms with Crippen LogP contribution in [-0.2, 0) is 13.1 Å². The van der Waals surface area contributed by atoms with Crippen LogP contribution < -0.4 is 5.32 Å². The van der Waals surface area contributed by atoms with Gasteiger partial charge in [0.15, 0.2) is 0 Å². The number of nitrogens with one attached hydrogen (secondary N) is 1. The Bertz CT molecular complexity index is 566. The minimum atomic E-state index is 0.975. The Morgan fingerprint density at radius 1 is 1.10 bits per heavy atom. The van der Waals surface area contributed by atoms with Crippen molar-refractivity contribution >= 4 is 10.9 Å². The first-order valence-electron chi connectivity index (χ1n) is 7.98. The van der Waals surface area contributed by atoms with Crippen molar-refractivity contribution in [3.8, 4) is 0 Å². The molecule has 1 aromatic carbocycles. The van der Waals surface area contributed by atoms with Crippen molar-refractivity contribution in [2.24, 2.45) is 0 Å². The summed E-state index contributed by atoms with van der Waals surface area (Å²) in [5, 5.41) is 4.91. The van der Waals surface area contributed by atoms with E-state index < -0.39 is 0 Å². The summed E-state index contributed by atoms with van der Waals surface area (Å²) in [7, 11) is 0. The van der Waals surface area contributed by atoms with Crippen molar-refractivity contribution in [2.75, 3.05) is 6.54 Å². The first kappa shape index (κ1) is 15.1. The Labute approximate surface area is 123 Å². The third kappa shape index (κ3) is 3.06. The standard InChI is InChI=1S/C18H28N2/c1-5-7-11-20-15(4)14(3)17-12-16(8-9-18(17)20)13-19-10-6-2/h8-9,12,19H,5-7,10-11,13H2,1-4H3. The van der Waals surface area contributed by atoms with Crippen LogP contribution in [0, 0.1) is 13.8 Å². The summed E-state index contributed by atoms with van der Waals surface area (Å²) in [6.45, 7) is 12.2. The van der Waals surface area contributed by atoms with E-state index in [1.165, 1.54) is 47.0 Å². The highest BCUT2D eigenvalue weighted by molar-refractivity contribution is 5.86. The maximum atomic E-state index is 3.48. The monoisotopic (exact) mass is 272 g/mol. The Morgan fingerprint density at radius 3 is 2.60 bits per heavy atom. The Morgan fingerprint density at radius 2 is 1.90 bits per heavy atom. The van der Waals surface area contributed by atoms with Crippen molar-refractivity contribution in [3.05, 3.63) is 35.0 Å². The molecule has 1 heterocycles. The summed E-state index contributed by atoms with van der Waals surface area (Å²) in [6.07, 6.45) is 3.69. The zero-order valence-electron chi connectivity index (χ0n) is 13.4. The lowest BCUT2D eigenvalue weighted by molar-refractivity contribution is 0.636. The minimum absolute atomic E-state index is 0.975. The second-order valence-corrected chi connectivity index (χ2v) is 5.74. The normalized spacial score (nSPS) is 11.4. The second-order valence-electron chi connectivity index (χ2n) is 5.74. The summed E-state index contributed by atoms with van der Waals surface area (Å²) in [5.74, 6) is 0. The molecular weight excluding hydrogens is 244 g/mol. The molecule has 2 nitrogen and oxygen atoms in total. The van der Waals surface area contributed by atoms with Gasteiger partial charge < -0.3 is 9.88 Å². The predicted molar refractivity (Wildman–Crippen MR) is 88.3 cm³/mol. The third-order valence-electron chi connectivity index (χ3n) is 4.19. The van der Waals surface area contributed by atoms with Crippen LogP contribution >= 0.6 is 0 Å². The highest BCUT2D eigenvalue weighted by Crippen LogP contribution is 2.26. The molecule has 0 spiro atoms. The molecule has 0 aliphatic rings. The van der Waals surface area contributed by atoms with Crippen LogP contribution in [-0.4, -0.2) is 11.1 Å². The van der Waals surface area contributed by atoms with Crippen molar-refractivity contribution < 1.29 is 0 Å². The van der Waals surface area contributed by atoms with Gasteiger partial charge in [-0.2, -0.15) is 0 Å². The first-order chi connectivity index (χ1) is 9.69. The molecule has 0 atom stereocenters. The molecule has 0 bridgehead atoms. The van der Waals surface area contributed by atoms with E-state index in [4.69, 9.17) is 0 Å². The maximum Gasteiger partial charge on any atom is 0.0485 e. The summed E-state index contributed by atoms with van der Waals surface area (Å²) >= 11 is 0. The van der Waals surface area contributed by atoms with E-state index in [-0.39, 0.29) is 0 Å². The molecule has 0 saturated heterocycles. The second kappa shape index (κ2) is 6.94. The number of aromatic nitrogens is 1. The molecule has 0 aliphatic heterocycles. The van der Waals surface area contributed by atoms with Gasteiger partial charge in [0.1, 0.15) is 0 Å². The molecule has 0 unspecified atom stereocenters. The molecule has 2 heteroatoms. The molecule has 1 aromatic heterocycles. The van der Waals surface area contributed by atoms with Gasteiger partial charge in [-0.05, 0) is 56.5 Å². The van der Waals surface area contributed by atoms with Gasteiger partial charge in [0.25, 0.3) is 0 Å². The number of benzene rings is 1. The Hall–Kier alpha value is -1.28. The fourth-order valence-electron chi connectivity index (χ4n) is 2.82. The van der Waals surface area contributed by atoms with Crippen LogP contribution in [0.1, 0.15) is 49.9 Å². The van der Waals surface area contributed by atoms with E-state index in [0.717, 1.165) is 19.6 Å². The predicted octanol–water partition coefficient (Wildman–Crippen LogP) is 4.56. The zero-order chi connectivity index (χ0) is 14.5. The first-order valence-corrected chi connectivity index (χ1v) is 7.98. The molecule has 0 saturated carbocycles. The number of fused-ring (bicyclic) bond motifs is 1. The molecular formula is C18H28N2. The third-order valence-corrected chi connectivity index (χ3v) is 4.19. The van der Waals surface area contributed by atoms with E-state index in [0.29, 0.717) is 0 Å². The van der Waals surface area contributed by atoms with Gasteiger partial charge in [0, 0.05) is 29.7 Å². The van der Waals surface area contributed by atoms with Crippen LogP contribution in [0.25, 0.3) is 10.9 Å². The van der Waals surface area contributed by atoms with Crippen LogP contribution in [0.5, 0.6) is 0 Å². The highest BCUT2D eigenvalue weighted by atomic mass is 15.0. The summed E-state index contributed by atoms with van der Waals surface area (Å²) in [4.78, 5) is 0. The van der Waals surface area contributed by atoms with Crippen molar-refractivity contribution in [1.82, 2.24) is 9.88 Å². The number of nitrogens with zero attached hydrogens (tertiary/aromatic N) is 1. The van der Waals surface area contributed by atoms with Crippen molar-refractivity contribution in [3.63, 3.8) is 0 Å². The molecule has 2 rings (SSSR count). The van der Waals surface area contributed by atoms with Gasteiger partial charge in [-0.25, -0.2) is 0 Å². The highest BCUT2D eigenvalue weighted by Gasteiger charge is 2.10. The maximum absolute atomic E-state index is 3.48. The number of rotatable bonds is 7. The molecule has 0 fully saturated rings. The topological polar surface area (TPSA) is 17.0 Å². The van der Waals surface area contributed by atoms with Gasteiger partial charge in [-0.3, -0.25) is 0 Å². The average molecular weight is 272 g/mol. The number of unbranched alkanes of at least 4 members (excludes halogenated alkanes) is 1. The van der Waals surface area contributed by atoms with E-state index in [1.807, 2.05) is 0 Å². The lowest BCUT2D eigenvalue weighted by Crippen LogP contribution is -2.13. The van der Waals surface area contributed by atoms with Gasteiger partial charge in [0.2, 0.25) is 0 Å². The van der Waals surface area contributed by atoms with E-state index in [1.54, 1.807) is 0 Å². The van der Waals surface area contributed by atoms with Crippen molar-refractivity contribution in [2.45, 2.75) is 60.0 Å². The van der Waals surface area contributed by atoms with E-state index >= 15 is 0 Å². The molecule has 110 valence electrons. The summed E-state index contributed by atoms with van der Waals surface area (Å²) in [6, 6.07) is 6.93. The van der Waals surface area contributed by atoms with Crippen LogP contribution in [0.4, 0.5) is 0 Å². The number of hydrogen-bond acceptors (Lipinski definition) is 1. The number of aryl methyl sites for hydroxylation is 2. The van der Waals surface area contributed by atoms with E-state index in [9.17, 15) is 0 Å². The quantitative estimate of drug-likeness (QED) is 0.731. The Balaban J connectivity index is 2.30. The summed E-state index contributed by atoms with van der Waals surface area (Å²) in [5.41, 5.74) is 5.65. The molecule has 2 aromatic rings. The fourth-order valence-corrected chi connectivity index (χ4v) is 2.82. The average Bonchev–Trinajstić information content (AvgIpc) is 2.69. The van der Waals surface area contributed by atoms with E-state index in [2.05, 4.69) is 55.8 Å². The SMILES string of the molecule is CCCCn1c(C)c(C)c2cc(CNCCC)ccc21. The van der Waals surface area contributed by atoms with Gasteiger partial charge >= 0.3 is 0 Å². The lowest BCUT2D eigenvalue weighted by atomic mass is 10.1. The largest absolute Gasteiger partial charge is 0.345 e. The zero-order valence-corrected chi connectivity index (χ0v) is 13.4. The molecule has 0 aliphatic carbocycles. The summed E-state index contributed by atoms with van der Waals surface area (Å²) < 4.78 is 2.48. The van der Waals surface area contributed by atoms with Crippen LogP contribution in [0.3, 0.4) is 0 Å². The minimum Gasteiger partial charge on any atom is -0.345 e. The van der Waals surface area contributed by atoms with Crippen LogP contribution in [0.15, 0.2) is 18.2 Å². The smallest absolute Gasteiger partial charge is 0.0485 e. The molecule has 0 amide bonds. The van der Waals surface area contributed by atoms with Crippen molar-refractivity contribution in [1.29, 1.82) is 0 Å². The van der Waals surface area contributed by atoms with Gasteiger partial charge in [-0.1, -0.05) is 26.3 Å².